The second-order valence-electron chi connectivity index (χ2n) is 6.77. The molecule has 1 aromatic heterocycles. The van der Waals surface area contributed by atoms with Crippen LogP contribution in [0.2, 0.25) is 5.28 Å². The van der Waals surface area contributed by atoms with E-state index in [2.05, 4.69) is 16.9 Å². The molecule has 0 aliphatic heterocycles. The fourth-order valence-electron chi connectivity index (χ4n) is 3.57. The minimum Gasteiger partial charge on any atom is -0.467 e. The van der Waals surface area contributed by atoms with Crippen LogP contribution in [0.5, 0.6) is 0 Å². The van der Waals surface area contributed by atoms with Gasteiger partial charge in [-0.05, 0) is 43.7 Å². The maximum absolute atomic E-state index is 12.4. The lowest BCUT2D eigenvalue weighted by atomic mass is 10.1. The van der Waals surface area contributed by atoms with Crippen LogP contribution in [0.1, 0.15) is 52.4 Å². The molecule has 0 spiro atoms. The molecule has 9 nitrogen and oxygen atoms in total. The minimum atomic E-state index is -0.714. The fourth-order valence-corrected chi connectivity index (χ4v) is 3.70. The highest BCUT2D eigenvalue weighted by Gasteiger charge is 2.40. The van der Waals surface area contributed by atoms with Crippen LogP contribution in [-0.2, 0) is 14.3 Å². The maximum Gasteiger partial charge on any atom is 0.329 e. The molecule has 1 aromatic rings. The quantitative estimate of drug-likeness (QED) is 0.188. The van der Waals surface area contributed by atoms with E-state index >= 15 is 0 Å². The van der Waals surface area contributed by atoms with Crippen LogP contribution in [0.4, 0.5) is 11.5 Å². The SMILES string of the molecule is CCCCOC1CCC(N(c2nc(Cl)ncc2[N+](=O)[O-])[C@H](CC)C(=O)OC)C1. The standard InChI is InChI=1S/C18H27ClN4O5/c1-4-6-9-28-13-8-7-12(10-13)22(14(5-2)17(24)27-3)16-15(23(25)26)11-20-18(19)21-16/h11-14H,4-10H2,1-3H3/t12?,13?,14-/m1/s1. The number of anilines is 1. The second-order valence-corrected chi connectivity index (χ2v) is 7.11. The zero-order chi connectivity index (χ0) is 20.7. The van der Waals surface area contributed by atoms with Crippen LogP contribution in [0, 0.1) is 10.1 Å². The van der Waals surface area contributed by atoms with Crippen molar-refractivity contribution in [2.45, 2.75) is 70.6 Å². The van der Waals surface area contributed by atoms with Gasteiger partial charge in [0.2, 0.25) is 11.1 Å². The molecule has 1 aliphatic rings. The molecule has 1 heterocycles. The predicted molar refractivity (Wildman–Crippen MR) is 105 cm³/mol. The molecule has 28 heavy (non-hydrogen) atoms. The number of ether oxygens (including phenoxy) is 2. The lowest BCUT2D eigenvalue weighted by Crippen LogP contribution is -2.48. The Hall–Kier alpha value is -2.00. The van der Waals surface area contributed by atoms with Crippen molar-refractivity contribution in [3.63, 3.8) is 0 Å². The van der Waals surface area contributed by atoms with Gasteiger partial charge < -0.3 is 14.4 Å². The second kappa shape index (κ2) is 10.5. The Labute approximate surface area is 169 Å². The molecule has 2 rings (SSSR count). The van der Waals surface area contributed by atoms with Crippen molar-refractivity contribution in [1.29, 1.82) is 0 Å². The van der Waals surface area contributed by atoms with Gasteiger partial charge >= 0.3 is 11.7 Å². The third-order valence-electron chi connectivity index (χ3n) is 4.96. The van der Waals surface area contributed by atoms with Crippen molar-refractivity contribution in [1.82, 2.24) is 9.97 Å². The van der Waals surface area contributed by atoms with Gasteiger partial charge in [-0.2, -0.15) is 4.98 Å². The van der Waals surface area contributed by atoms with E-state index in [0.717, 1.165) is 31.9 Å². The van der Waals surface area contributed by atoms with E-state index in [9.17, 15) is 14.9 Å². The summed E-state index contributed by atoms with van der Waals surface area (Å²) in [7, 11) is 1.30. The van der Waals surface area contributed by atoms with Crippen LogP contribution < -0.4 is 4.90 Å². The van der Waals surface area contributed by atoms with Crippen LogP contribution in [0.15, 0.2) is 6.20 Å². The largest absolute Gasteiger partial charge is 0.467 e. The van der Waals surface area contributed by atoms with Gasteiger partial charge in [0.15, 0.2) is 0 Å². The molecule has 0 saturated heterocycles. The number of nitro groups is 1. The molecule has 3 atom stereocenters. The van der Waals surface area contributed by atoms with Gasteiger partial charge in [-0.3, -0.25) is 10.1 Å². The molecular weight excluding hydrogens is 388 g/mol. The lowest BCUT2D eigenvalue weighted by molar-refractivity contribution is -0.384. The number of hydrogen-bond acceptors (Lipinski definition) is 8. The summed E-state index contributed by atoms with van der Waals surface area (Å²) in [5, 5.41) is 11.4. The summed E-state index contributed by atoms with van der Waals surface area (Å²) in [6.45, 7) is 4.61. The van der Waals surface area contributed by atoms with E-state index in [1.165, 1.54) is 7.11 Å². The average Bonchev–Trinajstić information content (AvgIpc) is 3.13. The summed E-state index contributed by atoms with van der Waals surface area (Å²) in [4.78, 5) is 33.0. The number of carbonyl (C=O) groups excluding carboxylic acids is 1. The Kier molecular flexibility index (Phi) is 8.37. The highest BCUT2D eigenvalue weighted by atomic mass is 35.5. The Morgan fingerprint density at radius 1 is 1.46 bits per heavy atom. The van der Waals surface area contributed by atoms with Gasteiger partial charge in [-0.1, -0.05) is 20.3 Å². The normalized spacial score (nSPS) is 20.0. The third kappa shape index (κ3) is 5.29. The third-order valence-corrected chi connectivity index (χ3v) is 5.14. The van der Waals surface area contributed by atoms with Gasteiger partial charge in [0, 0.05) is 12.6 Å². The molecule has 0 amide bonds. The molecule has 0 bridgehead atoms. The molecule has 1 saturated carbocycles. The van der Waals surface area contributed by atoms with Crippen LogP contribution in [-0.4, -0.2) is 52.8 Å². The van der Waals surface area contributed by atoms with Gasteiger partial charge in [0.1, 0.15) is 12.2 Å². The molecular formula is C18H27ClN4O5. The van der Waals surface area contributed by atoms with Crippen molar-refractivity contribution >= 4 is 29.1 Å². The first-order valence-electron chi connectivity index (χ1n) is 9.57. The van der Waals surface area contributed by atoms with Gasteiger partial charge in [-0.15, -0.1) is 0 Å². The van der Waals surface area contributed by atoms with Crippen molar-refractivity contribution in [2.24, 2.45) is 0 Å². The fraction of sp³-hybridized carbons (Fsp3) is 0.722. The number of methoxy groups -OCH3 is 1. The number of halogens is 1. The molecule has 156 valence electrons. The number of nitrogens with zero attached hydrogens (tertiary/aromatic N) is 4. The van der Waals surface area contributed by atoms with E-state index in [0.29, 0.717) is 19.4 Å². The Balaban J connectivity index is 2.38. The monoisotopic (exact) mass is 414 g/mol. The Bertz CT molecular complexity index is 690. The van der Waals surface area contributed by atoms with E-state index in [4.69, 9.17) is 21.1 Å². The van der Waals surface area contributed by atoms with Crippen molar-refractivity contribution < 1.29 is 19.2 Å². The Morgan fingerprint density at radius 3 is 2.82 bits per heavy atom. The summed E-state index contributed by atoms with van der Waals surface area (Å²) in [6.07, 6.45) is 5.75. The number of aromatic nitrogens is 2. The number of carbonyl (C=O) groups is 1. The molecule has 1 fully saturated rings. The smallest absolute Gasteiger partial charge is 0.329 e. The highest BCUT2D eigenvalue weighted by Crippen LogP contribution is 2.36. The number of esters is 1. The highest BCUT2D eigenvalue weighted by molar-refractivity contribution is 6.28. The first-order valence-corrected chi connectivity index (χ1v) is 9.95. The average molecular weight is 415 g/mol. The zero-order valence-electron chi connectivity index (χ0n) is 16.5. The lowest BCUT2D eigenvalue weighted by Gasteiger charge is -2.35. The number of rotatable bonds is 10. The summed E-state index contributed by atoms with van der Waals surface area (Å²) in [6, 6.07) is -0.866. The van der Waals surface area contributed by atoms with Crippen molar-refractivity contribution in [3.05, 3.63) is 21.6 Å². The van der Waals surface area contributed by atoms with Gasteiger partial charge in [0.25, 0.3) is 0 Å². The van der Waals surface area contributed by atoms with E-state index in [-0.39, 0.29) is 28.9 Å². The molecule has 2 unspecified atom stereocenters. The molecule has 0 aromatic carbocycles. The predicted octanol–water partition coefficient (Wildman–Crippen LogP) is 3.53. The number of unbranched alkanes of at least 4 members (excludes halogenated alkanes) is 1. The summed E-state index contributed by atoms with van der Waals surface area (Å²) in [5.41, 5.74) is -0.290. The first-order chi connectivity index (χ1) is 13.4. The van der Waals surface area contributed by atoms with Crippen molar-refractivity contribution in [2.75, 3.05) is 18.6 Å². The van der Waals surface area contributed by atoms with E-state index in [1.54, 1.807) is 4.90 Å². The minimum absolute atomic E-state index is 0.0430. The topological polar surface area (TPSA) is 108 Å². The van der Waals surface area contributed by atoms with Gasteiger partial charge in [-0.25, -0.2) is 9.78 Å². The van der Waals surface area contributed by atoms with Crippen LogP contribution in [0.25, 0.3) is 0 Å². The zero-order valence-corrected chi connectivity index (χ0v) is 17.2. The molecule has 0 radical (unpaired) electrons. The van der Waals surface area contributed by atoms with Crippen LogP contribution in [0.3, 0.4) is 0 Å². The van der Waals surface area contributed by atoms with Crippen molar-refractivity contribution in [3.8, 4) is 0 Å². The summed E-state index contributed by atoms with van der Waals surface area (Å²) < 4.78 is 10.9. The summed E-state index contributed by atoms with van der Waals surface area (Å²) in [5.74, 6) is -0.427. The molecule has 10 heteroatoms. The van der Waals surface area contributed by atoms with E-state index < -0.39 is 16.9 Å². The Morgan fingerprint density at radius 2 is 2.21 bits per heavy atom. The van der Waals surface area contributed by atoms with Gasteiger partial charge in [0.05, 0.1) is 18.1 Å². The molecule has 1 aliphatic carbocycles. The van der Waals surface area contributed by atoms with E-state index in [1.807, 2.05) is 6.92 Å². The molecule has 0 N–H and O–H groups in total. The summed E-state index contributed by atoms with van der Waals surface area (Å²) >= 11 is 5.93. The number of hydrogen-bond donors (Lipinski definition) is 0. The maximum atomic E-state index is 12.4. The van der Waals surface area contributed by atoms with Crippen LogP contribution >= 0.6 is 11.6 Å². The first kappa shape index (κ1) is 22.3.